The summed E-state index contributed by atoms with van der Waals surface area (Å²) in [6.45, 7) is 8.04. The Morgan fingerprint density at radius 2 is 1.26 bits per heavy atom. The molecule has 0 bridgehead atoms. The monoisotopic (exact) mass is 602 g/mol. The van der Waals surface area contributed by atoms with Crippen molar-refractivity contribution < 1.29 is 29.3 Å². The summed E-state index contributed by atoms with van der Waals surface area (Å²) in [4.78, 5) is 43.7. The Labute approximate surface area is 212 Å². The zero-order valence-corrected chi connectivity index (χ0v) is 22.3. The molecule has 0 aliphatic heterocycles. The highest BCUT2D eigenvalue weighted by molar-refractivity contribution is 9.10. The maximum absolute atomic E-state index is 11.9. The van der Waals surface area contributed by atoms with Gasteiger partial charge >= 0.3 is 11.9 Å². The fourth-order valence-electron chi connectivity index (χ4n) is 2.91. The van der Waals surface area contributed by atoms with Crippen molar-refractivity contribution in [3.63, 3.8) is 0 Å². The van der Waals surface area contributed by atoms with Gasteiger partial charge in [-0.3, -0.25) is 29.8 Å². The average Bonchev–Trinajstić information content (AvgIpc) is 2.73. The summed E-state index contributed by atoms with van der Waals surface area (Å²) < 4.78 is 6.09. The number of esters is 1. The van der Waals surface area contributed by atoms with Gasteiger partial charge in [0.15, 0.2) is 0 Å². The Bertz CT molecular complexity index is 1120. The molecule has 0 atom stereocenters. The van der Waals surface area contributed by atoms with E-state index in [1.807, 2.05) is 0 Å². The Balaban J connectivity index is 0.000000342. The number of hydrogen-bond donors (Lipinski definition) is 1. The van der Waals surface area contributed by atoms with E-state index in [9.17, 15) is 29.8 Å². The van der Waals surface area contributed by atoms with Crippen LogP contribution in [0, 0.1) is 20.2 Å². The summed E-state index contributed by atoms with van der Waals surface area (Å²) in [5, 5.41) is 30.9. The first-order valence-corrected chi connectivity index (χ1v) is 11.4. The van der Waals surface area contributed by atoms with Crippen LogP contribution in [0.25, 0.3) is 0 Å². The molecule has 1 N–H and O–H groups in total. The number of hydrogen-bond acceptors (Lipinski definition) is 7. The van der Waals surface area contributed by atoms with Crippen molar-refractivity contribution in [2.24, 2.45) is 0 Å². The zero-order valence-electron chi connectivity index (χ0n) is 19.1. The van der Waals surface area contributed by atoms with Gasteiger partial charge < -0.3 is 9.84 Å². The highest BCUT2D eigenvalue weighted by atomic mass is 79.9. The number of ether oxygens (including phenoxy) is 1. The highest BCUT2D eigenvalue weighted by Gasteiger charge is 2.37. The van der Waals surface area contributed by atoms with E-state index in [-0.39, 0.29) is 23.5 Å². The number of carbonyl (C=O) groups is 2. The van der Waals surface area contributed by atoms with Gasteiger partial charge in [0.05, 0.1) is 27.3 Å². The van der Waals surface area contributed by atoms with Crippen LogP contribution in [0.4, 0.5) is 11.4 Å². The number of halogens is 2. The second-order valence-electron chi connectivity index (χ2n) is 8.11. The Morgan fingerprint density at radius 3 is 1.59 bits per heavy atom. The number of nitro benzene ring substituents is 2. The predicted molar refractivity (Wildman–Crippen MR) is 132 cm³/mol. The summed E-state index contributed by atoms with van der Waals surface area (Å²) in [6.07, 6.45) is 0. The fraction of sp³-hybridized carbons (Fsp3) is 0.364. The normalized spacial score (nSPS) is 11.1. The van der Waals surface area contributed by atoms with E-state index in [4.69, 9.17) is 9.84 Å². The number of nitrogens with zero attached hydrogens (tertiary/aromatic N) is 2. The third kappa shape index (κ3) is 6.83. The first kappa shape index (κ1) is 29.2. The van der Waals surface area contributed by atoms with Crippen LogP contribution >= 0.6 is 31.9 Å². The van der Waals surface area contributed by atoms with Gasteiger partial charge in [-0.1, -0.05) is 31.9 Å². The zero-order chi connectivity index (χ0) is 26.4. The average molecular weight is 604 g/mol. The molecule has 0 saturated heterocycles. The van der Waals surface area contributed by atoms with E-state index in [1.165, 1.54) is 32.0 Å². The smallest absolute Gasteiger partial charge is 0.316 e. The highest BCUT2D eigenvalue weighted by Crippen LogP contribution is 2.35. The Hall–Kier alpha value is -2.86. The van der Waals surface area contributed by atoms with Gasteiger partial charge in [-0.15, -0.1) is 0 Å². The molecule has 0 saturated carbocycles. The maximum atomic E-state index is 11.9. The number of carboxylic acids is 1. The predicted octanol–water partition coefficient (Wildman–Crippen LogP) is 5.92. The second kappa shape index (κ2) is 11.5. The van der Waals surface area contributed by atoms with Crippen molar-refractivity contribution in [2.75, 3.05) is 6.61 Å². The van der Waals surface area contributed by atoms with E-state index >= 15 is 0 Å². The van der Waals surface area contributed by atoms with Gasteiger partial charge in [0.1, 0.15) is 0 Å². The summed E-state index contributed by atoms with van der Waals surface area (Å²) in [5.74, 6) is -1.58. The minimum atomic E-state index is -1.29. The van der Waals surface area contributed by atoms with E-state index in [0.717, 1.165) is 0 Å². The van der Waals surface area contributed by atoms with Crippen LogP contribution in [0.3, 0.4) is 0 Å². The van der Waals surface area contributed by atoms with E-state index in [1.54, 1.807) is 39.0 Å². The van der Waals surface area contributed by atoms with E-state index in [2.05, 4.69) is 31.9 Å². The van der Waals surface area contributed by atoms with Crippen LogP contribution in [0.5, 0.6) is 0 Å². The number of aliphatic carboxylic acids is 1. The van der Waals surface area contributed by atoms with Crippen LogP contribution < -0.4 is 0 Å². The maximum Gasteiger partial charge on any atom is 0.316 e. The summed E-state index contributed by atoms with van der Waals surface area (Å²) in [5.41, 5.74) is -2.10. The molecule has 0 spiro atoms. The van der Waals surface area contributed by atoms with Gasteiger partial charge in [-0.25, -0.2) is 0 Å². The Morgan fingerprint density at radius 1 is 0.882 bits per heavy atom. The lowest BCUT2D eigenvalue weighted by Gasteiger charge is -2.22. The summed E-state index contributed by atoms with van der Waals surface area (Å²) >= 11 is 6.30. The molecule has 2 aromatic rings. The number of benzene rings is 2. The van der Waals surface area contributed by atoms with Gasteiger partial charge in [0.25, 0.3) is 11.4 Å². The van der Waals surface area contributed by atoms with E-state index < -0.39 is 32.6 Å². The van der Waals surface area contributed by atoms with Crippen molar-refractivity contribution in [1.82, 2.24) is 0 Å². The first-order valence-electron chi connectivity index (χ1n) is 9.86. The minimum Gasteiger partial charge on any atom is -0.481 e. The van der Waals surface area contributed by atoms with Crippen LogP contribution in [-0.2, 0) is 25.2 Å². The third-order valence-corrected chi connectivity index (χ3v) is 5.97. The lowest BCUT2D eigenvalue weighted by atomic mass is 9.83. The molecule has 0 aliphatic rings. The quantitative estimate of drug-likeness (QED) is 0.233. The molecule has 0 fully saturated rings. The largest absolute Gasteiger partial charge is 0.481 e. The molecule has 0 amide bonds. The number of rotatable bonds is 7. The van der Waals surface area contributed by atoms with Crippen molar-refractivity contribution in [1.29, 1.82) is 0 Å². The molecule has 0 unspecified atom stereocenters. The standard InChI is InChI=1S/C12H14BrNO4.C10H10BrNO4/c1-4-18-11(15)12(2,3)9-6-5-8(13)7-10(9)14(16)17;1-10(2,9(13)14)7-4-3-6(11)5-8(7)12(15)16/h5-7H,4H2,1-3H3;3-5H,1-2H3,(H,13,14). The molecule has 184 valence electrons. The summed E-state index contributed by atoms with van der Waals surface area (Å²) in [6, 6.07) is 8.97. The lowest BCUT2D eigenvalue weighted by Crippen LogP contribution is -2.31. The first-order chi connectivity index (χ1) is 15.6. The molecule has 10 nitrogen and oxygen atoms in total. The summed E-state index contributed by atoms with van der Waals surface area (Å²) in [7, 11) is 0. The fourth-order valence-corrected chi connectivity index (χ4v) is 3.60. The van der Waals surface area contributed by atoms with Crippen LogP contribution in [0.1, 0.15) is 45.7 Å². The van der Waals surface area contributed by atoms with Crippen molar-refractivity contribution in [3.05, 3.63) is 76.7 Å². The number of carboxylic acid groups (broad SMARTS) is 1. The van der Waals surface area contributed by atoms with Gasteiger partial charge in [-0.05, 0) is 58.9 Å². The molecule has 34 heavy (non-hydrogen) atoms. The van der Waals surface area contributed by atoms with Crippen LogP contribution in [0.2, 0.25) is 0 Å². The SMILES string of the molecule is CC(C)(C(=O)O)c1ccc(Br)cc1[N+](=O)[O-].CCOC(=O)C(C)(C)c1ccc(Br)cc1[N+](=O)[O-]. The minimum absolute atomic E-state index is 0.0950. The van der Waals surface area contributed by atoms with Crippen molar-refractivity contribution in [2.45, 2.75) is 45.4 Å². The van der Waals surface area contributed by atoms with Gasteiger partial charge in [0.2, 0.25) is 0 Å². The molecule has 12 heteroatoms. The topological polar surface area (TPSA) is 150 Å². The lowest BCUT2D eigenvalue weighted by molar-refractivity contribution is -0.386. The third-order valence-electron chi connectivity index (χ3n) is 4.98. The molecular formula is C22H24Br2N2O8. The second-order valence-corrected chi connectivity index (χ2v) is 9.94. The number of nitro groups is 2. The van der Waals surface area contributed by atoms with E-state index in [0.29, 0.717) is 14.5 Å². The molecule has 2 rings (SSSR count). The molecule has 0 aromatic heterocycles. The van der Waals surface area contributed by atoms with Crippen LogP contribution in [0.15, 0.2) is 45.3 Å². The molecule has 0 heterocycles. The van der Waals surface area contributed by atoms with Crippen molar-refractivity contribution >= 4 is 55.2 Å². The number of carbonyl (C=O) groups excluding carboxylic acids is 1. The van der Waals surface area contributed by atoms with Gasteiger partial charge in [-0.2, -0.15) is 0 Å². The molecular weight excluding hydrogens is 580 g/mol. The molecule has 0 aliphatic carbocycles. The molecule has 0 radical (unpaired) electrons. The molecule has 2 aromatic carbocycles. The van der Waals surface area contributed by atoms with Crippen molar-refractivity contribution in [3.8, 4) is 0 Å². The van der Waals surface area contributed by atoms with Gasteiger partial charge in [0, 0.05) is 32.2 Å². The van der Waals surface area contributed by atoms with Crippen LogP contribution in [-0.4, -0.2) is 33.5 Å². The Kier molecular flexibility index (Phi) is 9.88.